The monoisotopic (exact) mass is 341 g/mol. The van der Waals surface area contributed by atoms with E-state index in [9.17, 15) is 13.9 Å². The van der Waals surface area contributed by atoms with Gasteiger partial charge in [0.15, 0.2) is 0 Å². The summed E-state index contributed by atoms with van der Waals surface area (Å²) in [6.45, 7) is 1.71. The Bertz CT molecular complexity index is 956. The molecule has 1 N–H and O–H groups in total. The van der Waals surface area contributed by atoms with Crippen molar-refractivity contribution in [1.29, 1.82) is 0 Å². The number of fused-ring (bicyclic) bond motifs is 1. The van der Waals surface area contributed by atoms with Gasteiger partial charge in [-0.15, -0.1) is 0 Å². The quantitative estimate of drug-likeness (QED) is 0.734. The standard InChI is InChI=1S/C20H17F2NO2/c1-20(24)9-8-14(20)18-15(21)5-3-7-17(18)25-13-10-12-4-2-6-16(22)19(12)23-11-13/h2-7,10-11,14,24H,8-9H2,1H3. The van der Waals surface area contributed by atoms with E-state index in [0.717, 1.165) is 0 Å². The van der Waals surface area contributed by atoms with Crippen LogP contribution in [0.3, 0.4) is 0 Å². The van der Waals surface area contributed by atoms with Crippen LogP contribution < -0.4 is 4.74 Å². The number of aliphatic hydroxyl groups is 1. The Morgan fingerprint density at radius 3 is 2.64 bits per heavy atom. The van der Waals surface area contributed by atoms with Crippen LogP contribution in [0.15, 0.2) is 48.7 Å². The maximum atomic E-state index is 14.4. The van der Waals surface area contributed by atoms with Crippen LogP contribution in [0.25, 0.3) is 10.9 Å². The zero-order chi connectivity index (χ0) is 17.6. The van der Waals surface area contributed by atoms with Crippen molar-refractivity contribution in [3.05, 3.63) is 65.9 Å². The first-order valence-electron chi connectivity index (χ1n) is 8.18. The Morgan fingerprint density at radius 1 is 1.16 bits per heavy atom. The molecular weight excluding hydrogens is 324 g/mol. The van der Waals surface area contributed by atoms with Crippen molar-refractivity contribution >= 4 is 10.9 Å². The van der Waals surface area contributed by atoms with E-state index >= 15 is 0 Å². The van der Waals surface area contributed by atoms with Crippen LogP contribution in [0.5, 0.6) is 11.5 Å². The lowest BCUT2D eigenvalue weighted by molar-refractivity contribution is -0.0423. The predicted octanol–water partition coefficient (Wildman–Crippen LogP) is 4.93. The smallest absolute Gasteiger partial charge is 0.149 e. The molecule has 1 saturated carbocycles. The highest BCUT2D eigenvalue weighted by atomic mass is 19.1. The van der Waals surface area contributed by atoms with E-state index in [1.807, 2.05) is 0 Å². The number of pyridine rings is 1. The Morgan fingerprint density at radius 2 is 1.92 bits per heavy atom. The van der Waals surface area contributed by atoms with Crippen LogP contribution in [0.4, 0.5) is 8.78 Å². The van der Waals surface area contributed by atoms with E-state index in [-0.39, 0.29) is 11.4 Å². The van der Waals surface area contributed by atoms with Gasteiger partial charge < -0.3 is 9.84 Å². The molecule has 1 fully saturated rings. The zero-order valence-electron chi connectivity index (χ0n) is 13.7. The fourth-order valence-electron chi connectivity index (χ4n) is 3.39. The average Bonchev–Trinajstić information content (AvgIpc) is 2.57. The van der Waals surface area contributed by atoms with Crippen LogP contribution in [0, 0.1) is 11.6 Å². The number of halogens is 2. The van der Waals surface area contributed by atoms with Crippen LogP contribution in [-0.2, 0) is 0 Å². The Labute approximate surface area is 143 Å². The molecule has 0 bridgehead atoms. The highest BCUT2D eigenvalue weighted by Crippen LogP contribution is 2.49. The number of benzene rings is 2. The third kappa shape index (κ3) is 2.74. The van der Waals surface area contributed by atoms with Crippen molar-refractivity contribution in [2.24, 2.45) is 0 Å². The maximum absolute atomic E-state index is 14.4. The molecular formula is C20H17F2NO2. The highest BCUT2D eigenvalue weighted by Gasteiger charge is 2.44. The third-order valence-electron chi connectivity index (χ3n) is 4.92. The van der Waals surface area contributed by atoms with Gasteiger partial charge in [-0.05, 0) is 44.0 Å². The molecule has 1 aliphatic carbocycles. The average molecular weight is 341 g/mol. The number of hydrogen-bond acceptors (Lipinski definition) is 3. The molecule has 3 aromatic rings. The summed E-state index contributed by atoms with van der Waals surface area (Å²) in [5, 5.41) is 10.9. The van der Waals surface area contributed by atoms with Gasteiger partial charge in [0, 0.05) is 16.9 Å². The van der Waals surface area contributed by atoms with Gasteiger partial charge in [0.25, 0.3) is 0 Å². The Balaban J connectivity index is 1.73. The van der Waals surface area contributed by atoms with Gasteiger partial charge in [0.1, 0.15) is 28.7 Å². The second kappa shape index (κ2) is 5.77. The van der Waals surface area contributed by atoms with Crippen molar-refractivity contribution in [2.45, 2.75) is 31.3 Å². The van der Waals surface area contributed by atoms with Gasteiger partial charge in [0.2, 0.25) is 0 Å². The van der Waals surface area contributed by atoms with Gasteiger partial charge in [-0.2, -0.15) is 0 Å². The summed E-state index contributed by atoms with van der Waals surface area (Å²) in [5.41, 5.74) is -0.306. The number of rotatable bonds is 3. The number of nitrogens with zero attached hydrogens (tertiary/aromatic N) is 1. The third-order valence-corrected chi connectivity index (χ3v) is 4.92. The molecule has 0 spiro atoms. The van der Waals surface area contributed by atoms with Gasteiger partial charge >= 0.3 is 0 Å². The SMILES string of the molecule is CC1(O)CCC1c1c(F)cccc1Oc1cnc2c(F)cccc2c1. The first kappa shape index (κ1) is 16.0. The van der Waals surface area contributed by atoms with Gasteiger partial charge in [-0.3, -0.25) is 0 Å². The van der Waals surface area contributed by atoms with Gasteiger partial charge in [-0.1, -0.05) is 18.2 Å². The van der Waals surface area contributed by atoms with E-state index < -0.39 is 17.2 Å². The summed E-state index contributed by atoms with van der Waals surface area (Å²) < 4.78 is 34.0. The van der Waals surface area contributed by atoms with Crippen molar-refractivity contribution in [3.8, 4) is 11.5 Å². The Hall–Kier alpha value is -2.53. The van der Waals surface area contributed by atoms with Gasteiger partial charge in [0.05, 0.1) is 11.8 Å². The highest BCUT2D eigenvalue weighted by molar-refractivity contribution is 5.80. The van der Waals surface area contributed by atoms with Crippen LogP contribution in [-0.4, -0.2) is 15.7 Å². The number of aromatic nitrogens is 1. The van der Waals surface area contributed by atoms with E-state index in [4.69, 9.17) is 4.74 Å². The van der Waals surface area contributed by atoms with Crippen LogP contribution in [0.2, 0.25) is 0 Å². The molecule has 1 heterocycles. The lowest BCUT2D eigenvalue weighted by Crippen LogP contribution is -2.42. The lowest BCUT2D eigenvalue weighted by atomic mass is 9.67. The van der Waals surface area contributed by atoms with Crippen molar-refractivity contribution in [1.82, 2.24) is 4.98 Å². The lowest BCUT2D eigenvalue weighted by Gasteiger charge is -2.43. The molecule has 2 aromatic carbocycles. The summed E-state index contributed by atoms with van der Waals surface area (Å²) in [6, 6.07) is 10.9. The largest absolute Gasteiger partial charge is 0.455 e. The second-order valence-electron chi connectivity index (χ2n) is 6.68. The molecule has 3 nitrogen and oxygen atoms in total. The summed E-state index contributed by atoms with van der Waals surface area (Å²) in [5.74, 6) is -0.371. The minimum absolute atomic E-state index is 0.260. The number of hydrogen-bond donors (Lipinski definition) is 1. The minimum atomic E-state index is -0.939. The summed E-state index contributed by atoms with van der Waals surface area (Å²) >= 11 is 0. The summed E-state index contributed by atoms with van der Waals surface area (Å²) in [6.07, 6.45) is 2.74. The molecule has 1 aliphatic rings. The fraction of sp³-hybridized carbons (Fsp3) is 0.250. The van der Waals surface area contributed by atoms with E-state index in [0.29, 0.717) is 35.3 Å². The van der Waals surface area contributed by atoms with Gasteiger partial charge in [-0.25, -0.2) is 13.8 Å². The number of ether oxygens (including phenoxy) is 1. The van der Waals surface area contributed by atoms with E-state index in [2.05, 4.69) is 4.98 Å². The van der Waals surface area contributed by atoms with Crippen molar-refractivity contribution in [3.63, 3.8) is 0 Å². The normalized spacial score (nSPS) is 22.6. The molecule has 2 atom stereocenters. The molecule has 25 heavy (non-hydrogen) atoms. The molecule has 0 radical (unpaired) electrons. The molecule has 0 saturated heterocycles. The van der Waals surface area contributed by atoms with Crippen molar-refractivity contribution < 1.29 is 18.6 Å². The molecule has 0 aliphatic heterocycles. The zero-order valence-corrected chi connectivity index (χ0v) is 13.7. The Kier molecular flexibility index (Phi) is 3.69. The molecule has 1 aromatic heterocycles. The minimum Gasteiger partial charge on any atom is -0.455 e. The first-order chi connectivity index (χ1) is 12.0. The molecule has 0 amide bonds. The van der Waals surface area contributed by atoms with Crippen molar-refractivity contribution in [2.75, 3.05) is 0 Å². The molecule has 5 heteroatoms. The topological polar surface area (TPSA) is 42.4 Å². The number of para-hydroxylation sites is 1. The predicted molar refractivity (Wildman–Crippen MR) is 90.8 cm³/mol. The first-order valence-corrected chi connectivity index (χ1v) is 8.18. The van der Waals surface area contributed by atoms with Crippen LogP contribution >= 0.6 is 0 Å². The summed E-state index contributed by atoms with van der Waals surface area (Å²) in [4.78, 5) is 4.09. The summed E-state index contributed by atoms with van der Waals surface area (Å²) in [7, 11) is 0. The molecule has 128 valence electrons. The second-order valence-corrected chi connectivity index (χ2v) is 6.68. The van der Waals surface area contributed by atoms with E-state index in [1.165, 1.54) is 18.3 Å². The molecule has 2 unspecified atom stereocenters. The fourth-order valence-corrected chi connectivity index (χ4v) is 3.39. The maximum Gasteiger partial charge on any atom is 0.149 e. The van der Waals surface area contributed by atoms with Crippen LogP contribution in [0.1, 0.15) is 31.2 Å². The van der Waals surface area contributed by atoms with E-state index in [1.54, 1.807) is 37.3 Å². The molecule has 4 rings (SSSR count).